The van der Waals surface area contributed by atoms with Crippen LogP contribution in [-0.4, -0.2) is 43.3 Å². The highest BCUT2D eigenvalue weighted by atomic mass is 16.6. The number of rotatable bonds is 9. The van der Waals surface area contributed by atoms with Crippen molar-refractivity contribution in [3.05, 3.63) is 0 Å². The molecule has 0 rings (SSSR count). The van der Waals surface area contributed by atoms with E-state index in [0.29, 0.717) is 25.6 Å². The van der Waals surface area contributed by atoms with E-state index >= 15 is 0 Å². The maximum absolute atomic E-state index is 12.4. The standard InChI is InChI=1S/C19H37NO4/c1-14(2)10-9-11-23-17(21)16(12-15(3)4)20(8)18(22)24-13-19(5,6)7/h14-16H,9-13H2,1-8H3. The first-order chi connectivity index (χ1) is 10.9. The van der Waals surface area contributed by atoms with Crippen molar-refractivity contribution in [2.45, 2.75) is 73.8 Å². The number of carbonyl (C=O) groups excluding carboxylic acids is 2. The predicted molar refractivity (Wildman–Crippen MR) is 96.8 cm³/mol. The Balaban J connectivity index is 4.66. The van der Waals surface area contributed by atoms with Gasteiger partial charge in [0.05, 0.1) is 13.2 Å². The zero-order valence-corrected chi connectivity index (χ0v) is 16.8. The van der Waals surface area contributed by atoms with E-state index in [0.717, 1.165) is 12.8 Å². The second kappa shape index (κ2) is 10.6. The van der Waals surface area contributed by atoms with Crippen LogP contribution in [0.15, 0.2) is 0 Å². The highest BCUT2D eigenvalue weighted by molar-refractivity contribution is 5.81. The molecule has 5 heteroatoms. The lowest BCUT2D eigenvalue weighted by atomic mass is 9.99. The first kappa shape index (κ1) is 22.7. The van der Waals surface area contributed by atoms with Crippen LogP contribution < -0.4 is 0 Å². The summed E-state index contributed by atoms with van der Waals surface area (Å²) in [5.41, 5.74) is -0.110. The van der Waals surface area contributed by atoms with Gasteiger partial charge in [0.25, 0.3) is 0 Å². The Kier molecular flexibility index (Phi) is 10.0. The minimum atomic E-state index is -0.600. The molecule has 0 saturated carbocycles. The average molecular weight is 344 g/mol. The summed E-state index contributed by atoms with van der Waals surface area (Å²) in [6.07, 6.45) is 1.95. The van der Waals surface area contributed by atoms with Gasteiger partial charge in [-0.2, -0.15) is 0 Å². The third-order valence-corrected chi connectivity index (χ3v) is 3.52. The largest absolute Gasteiger partial charge is 0.464 e. The number of nitrogens with zero attached hydrogens (tertiary/aromatic N) is 1. The first-order valence-electron chi connectivity index (χ1n) is 9.00. The summed E-state index contributed by atoms with van der Waals surface area (Å²) in [5, 5.41) is 0. The van der Waals surface area contributed by atoms with Crippen LogP contribution in [-0.2, 0) is 14.3 Å². The monoisotopic (exact) mass is 343 g/mol. The van der Waals surface area contributed by atoms with Crippen molar-refractivity contribution >= 4 is 12.1 Å². The topological polar surface area (TPSA) is 55.8 Å². The Morgan fingerprint density at radius 3 is 2.04 bits per heavy atom. The number of ether oxygens (including phenoxy) is 2. The molecule has 1 unspecified atom stereocenters. The summed E-state index contributed by atoms with van der Waals surface area (Å²) in [6.45, 7) is 15.0. The molecule has 0 heterocycles. The van der Waals surface area contributed by atoms with Crippen LogP contribution in [0.5, 0.6) is 0 Å². The second-order valence-electron chi connectivity index (χ2n) is 8.58. The van der Waals surface area contributed by atoms with Crippen molar-refractivity contribution in [2.75, 3.05) is 20.3 Å². The van der Waals surface area contributed by atoms with E-state index in [9.17, 15) is 9.59 Å². The van der Waals surface area contributed by atoms with Gasteiger partial charge in [0.15, 0.2) is 0 Å². The van der Waals surface area contributed by atoms with Crippen LogP contribution in [0.4, 0.5) is 4.79 Å². The van der Waals surface area contributed by atoms with Gasteiger partial charge in [0.1, 0.15) is 6.04 Å². The van der Waals surface area contributed by atoms with Crippen molar-refractivity contribution < 1.29 is 19.1 Å². The molecule has 0 fully saturated rings. The first-order valence-corrected chi connectivity index (χ1v) is 9.00. The maximum Gasteiger partial charge on any atom is 0.410 e. The normalized spacial score (nSPS) is 13.1. The molecule has 0 aromatic heterocycles. The Hall–Kier alpha value is -1.26. The molecular formula is C19H37NO4. The molecule has 0 aromatic carbocycles. The van der Waals surface area contributed by atoms with E-state index in [1.165, 1.54) is 4.90 Å². The van der Waals surface area contributed by atoms with Gasteiger partial charge >= 0.3 is 12.1 Å². The zero-order valence-electron chi connectivity index (χ0n) is 16.8. The second-order valence-corrected chi connectivity index (χ2v) is 8.58. The Morgan fingerprint density at radius 2 is 1.58 bits per heavy atom. The molecule has 0 aliphatic heterocycles. The van der Waals surface area contributed by atoms with Gasteiger partial charge < -0.3 is 9.47 Å². The molecule has 24 heavy (non-hydrogen) atoms. The van der Waals surface area contributed by atoms with Crippen LogP contribution in [0.3, 0.4) is 0 Å². The summed E-state index contributed by atoms with van der Waals surface area (Å²) >= 11 is 0. The number of esters is 1. The van der Waals surface area contributed by atoms with Crippen molar-refractivity contribution in [3.8, 4) is 0 Å². The third-order valence-electron chi connectivity index (χ3n) is 3.52. The molecule has 0 N–H and O–H groups in total. The van der Waals surface area contributed by atoms with Gasteiger partial charge in [-0.3, -0.25) is 4.90 Å². The SMILES string of the molecule is CC(C)CCCOC(=O)C(CC(C)C)N(C)C(=O)OCC(C)(C)C. The minimum Gasteiger partial charge on any atom is -0.464 e. The number of likely N-dealkylation sites (N-methyl/N-ethyl adjacent to an activating group) is 1. The summed E-state index contributed by atoms with van der Waals surface area (Å²) in [5.74, 6) is 0.518. The fraction of sp³-hybridized carbons (Fsp3) is 0.895. The third kappa shape index (κ3) is 10.5. The summed E-state index contributed by atoms with van der Waals surface area (Å²) in [6, 6.07) is -0.600. The van der Waals surface area contributed by atoms with Gasteiger partial charge in [-0.15, -0.1) is 0 Å². The lowest BCUT2D eigenvalue weighted by molar-refractivity contribution is -0.149. The number of hydrogen-bond acceptors (Lipinski definition) is 4. The van der Waals surface area contributed by atoms with Gasteiger partial charge in [-0.05, 0) is 36.5 Å². The highest BCUT2D eigenvalue weighted by Gasteiger charge is 2.30. The lowest BCUT2D eigenvalue weighted by Gasteiger charge is -2.28. The van der Waals surface area contributed by atoms with Crippen LogP contribution in [0.1, 0.15) is 67.7 Å². The fourth-order valence-corrected chi connectivity index (χ4v) is 2.13. The van der Waals surface area contributed by atoms with Gasteiger partial charge in [-0.1, -0.05) is 48.5 Å². The summed E-state index contributed by atoms with van der Waals surface area (Å²) in [7, 11) is 1.60. The van der Waals surface area contributed by atoms with E-state index in [4.69, 9.17) is 9.47 Å². The number of carbonyl (C=O) groups is 2. The van der Waals surface area contributed by atoms with Crippen molar-refractivity contribution in [1.29, 1.82) is 0 Å². The van der Waals surface area contributed by atoms with Crippen LogP contribution in [0, 0.1) is 17.3 Å². The zero-order chi connectivity index (χ0) is 18.9. The molecule has 0 aliphatic rings. The molecule has 0 aliphatic carbocycles. The molecule has 0 bridgehead atoms. The Labute approximate surface area is 148 Å². The van der Waals surface area contributed by atoms with Gasteiger partial charge in [-0.25, -0.2) is 9.59 Å². The predicted octanol–water partition coefficient (Wildman–Crippen LogP) is 4.50. The Bertz CT molecular complexity index is 385. The van der Waals surface area contributed by atoms with E-state index in [-0.39, 0.29) is 17.3 Å². The van der Waals surface area contributed by atoms with Crippen LogP contribution in [0.25, 0.3) is 0 Å². The average Bonchev–Trinajstić information content (AvgIpc) is 2.44. The molecule has 0 saturated heterocycles. The molecule has 0 aromatic rings. The molecule has 142 valence electrons. The number of hydrogen-bond donors (Lipinski definition) is 0. The van der Waals surface area contributed by atoms with Crippen molar-refractivity contribution in [1.82, 2.24) is 4.90 Å². The quantitative estimate of drug-likeness (QED) is 0.457. The van der Waals surface area contributed by atoms with Crippen LogP contribution >= 0.6 is 0 Å². The van der Waals surface area contributed by atoms with Gasteiger partial charge in [0, 0.05) is 7.05 Å². The molecule has 5 nitrogen and oxygen atoms in total. The molecule has 1 amide bonds. The highest BCUT2D eigenvalue weighted by Crippen LogP contribution is 2.17. The molecular weight excluding hydrogens is 306 g/mol. The van der Waals surface area contributed by atoms with Gasteiger partial charge in [0.2, 0.25) is 0 Å². The maximum atomic E-state index is 12.4. The molecule has 1 atom stereocenters. The van der Waals surface area contributed by atoms with E-state index < -0.39 is 12.1 Å². The van der Waals surface area contributed by atoms with E-state index in [1.54, 1.807) is 7.05 Å². The Morgan fingerprint density at radius 1 is 1.00 bits per heavy atom. The molecule has 0 spiro atoms. The smallest absolute Gasteiger partial charge is 0.410 e. The van der Waals surface area contributed by atoms with Crippen molar-refractivity contribution in [3.63, 3.8) is 0 Å². The van der Waals surface area contributed by atoms with E-state index in [1.807, 2.05) is 34.6 Å². The van der Waals surface area contributed by atoms with E-state index in [2.05, 4.69) is 13.8 Å². The number of amides is 1. The summed E-state index contributed by atoms with van der Waals surface area (Å²) in [4.78, 5) is 26.0. The fourth-order valence-electron chi connectivity index (χ4n) is 2.13. The molecule has 0 radical (unpaired) electrons. The van der Waals surface area contributed by atoms with Crippen LogP contribution in [0.2, 0.25) is 0 Å². The lowest BCUT2D eigenvalue weighted by Crippen LogP contribution is -2.45. The summed E-state index contributed by atoms with van der Waals surface area (Å²) < 4.78 is 10.7. The van der Waals surface area contributed by atoms with Crippen molar-refractivity contribution in [2.24, 2.45) is 17.3 Å². The minimum absolute atomic E-state index is 0.110.